The van der Waals surface area contributed by atoms with Crippen molar-refractivity contribution in [3.8, 4) is 0 Å². The lowest BCUT2D eigenvalue weighted by molar-refractivity contribution is 0.289. The van der Waals surface area contributed by atoms with Gasteiger partial charge in [0.25, 0.3) is 0 Å². The number of hydrogen-bond acceptors (Lipinski definition) is 3. The van der Waals surface area contributed by atoms with Crippen LogP contribution in [0.5, 0.6) is 0 Å². The second-order valence-corrected chi connectivity index (χ2v) is 6.49. The number of halogens is 3. The summed E-state index contributed by atoms with van der Waals surface area (Å²) in [6.45, 7) is 3.43. The summed E-state index contributed by atoms with van der Waals surface area (Å²) in [5, 5.41) is 0. The number of benzene rings is 1. The first-order valence-electron chi connectivity index (χ1n) is 6.90. The van der Waals surface area contributed by atoms with Crippen LogP contribution in [0.1, 0.15) is 5.82 Å². The van der Waals surface area contributed by atoms with Gasteiger partial charge in [-0.3, -0.25) is 4.90 Å². The molecule has 1 saturated heterocycles. The monoisotopic (exact) mass is 331 g/mol. The Bertz CT molecular complexity index is 641. The first-order valence-corrected chi connectivity index (χ1v) is 8.59. The van der Waals surface area contributed by atoms with Crippen LogP contribution in [0, 0.1) is 11.6 Å². The molecule has 0 radical (unpaired) electrons. The molecule has 0 atom stereocenters. The molecule has 2 aromatic rings. The van der Waals surface area contributed by atoms with Gasteiger partial charge in [-0.1, -0.05) is 0 Å². The fourth-order valence-corrected chi connectivity index (χ4v) is 3.80. The third-order valence-electron chi connectivity index (χ3n) is 3.74. The number of aromatic nitrogens is 2. The lowest BCUT2D eigenvalue weighted by Gasteiger charge is -2.26. The SMILES string of the molecule is Fc1ccc2nc(CCl)n(CCN3CCSCC3)c2c1F. The summed E-state index contributed by atoms with van der Waals surface area (Å²) in [6, 6.07) is 2.60. The zero-order chi connectivity index (χ0) is 14.8. The predicted molar refractivity (Wildman–Crippen MR) is 83.0 cm³/mol. The van der Waals surface area contributed by atoms with Crippen LogP contribution in [0.4, 0.5) is 8.78 Å². The van der Waals surface area contributed by atoms with E-state index >= 15 is 0 Å². The minimum Gasteiger partial charge on any atom is -0.323 e. The van der Waals surface area contributed by atoms with E-state index in [1.165, 1.54) is 6.07 Å². The third kappa shape index (κ3) is 3.03. The molecule has 1 fully saturated rings. The number of nitrogens with zero attached hydrogens (tertiary/aromatic N) is 3. The number of rotatable bonds is 4. The highest BCUT2D eigenvalue weighted by atomic mass is 35.5. The van der Waals surface area contributed by atoms with Crippen LogP contribution >= 0.6 is 23.4 Å². The second-order valence-electron chi connectivity index (χ2n) is 5.00. The molecule has 0 N–H and O–H groups in total. The summed E-state index contributed by atoms with van der Waals surface area (Å²) in [4.78, 5) is 6.63. The van der Waals surface area contributed by atoms with E-state index in [4.69, 9.17) is 11.6 Å². The summed E-state index contributed by atoms with van der Waals surface area (Å²) in [6.07, 6.45) is 0. The fourth-order valence-electron chi connectivity index (χ4n) is 2.61. The molecule has 7 heteroatoms. The smallest absolute Gasteiger partial charge is 0.184 e. The van der Waals surface area contributed by atoms with E-state index in [-0.39, 0.29) is 11.4 Å². The summed E-state index contributed by atoms with van der Waals surface area (Å²) >= 11 is 7.85. The predicted octanol–water partition coefficient (Wildman–Crippen LogP) is 3.10. The lowest BCUT2D eigenvalue weighted by Crippen LogP contribution is -2.35. The molecule has 114 valence electrons. The Morgan fingerprint density at radius 2 is 1.95 bits per heavy atom. The van der Waals surface area contributed by atoms with Crippen LogP contribution in [-0.4, -0.2) is 45.6 Å². The average molecular weight is 332 g/mol. The maximum Gasteiger partial charge on any atom is 0.184 e. The van der Waals surface area contributed by atoms with E-state index in [0.717, 1.165) is 37.2 Å². The van der Waals surface area contributed by atoms with E-state index in [1.807, 2.05) is 11.8 Å². The second kappa shape index (κ2) is 6.50. The van der Waals surface area contributed by atoms with Crippen molar-refractivity contribution in [1.29, 1.82) is 0 Å². The maximum atomic E-state index is 14.1. The molecular weight excluding hydrogens is 316 g/mol. The molecule has 0 bridgehead atoms. The van der Waals surface area contributed by atoms with Gasteiger partial charge in [-0.2, -0.15) is 11.8 Å². The van der Waals surface area contributed by atoms with Gasteiger partial charge in [-0.05, 0) is 12.1 Å². The molecule has 0 amide bonds. The summed E-state index contributed by atoms with van der Waals surface area (Å²) in [7, 11) is 0. The topological polar surface area (TPSA) is 21.1 Å². The third-order valence-corrected chi connectivity index (χ3v) is 4.92. The fraction of sp³-hybridized carbons (Fsp3) is 0.500. The maximum absolute atomic E-state index is 14.1. The van der Waals surface area contributed by atoms with E-state index in [9.17, 15) is 8.78 Å². The molecule has 1 aromatic carbocycles. The van der Waals surface area contributed by atoms with Crippen molar-refractivity contribution >= 4 is 34.4 Å². The number of fused-ring (bicyclic) bond motifs is 1. The van der Waals surface area contributed by atoms with Gasteiger partial charge in [0.2, 0.25) is 0 Å². The highest BCUT2D eigenvalue weighted by Gasteiger charge is 2.18. The van der Waals surface area contributed by atoms with Crippen LogP contribution in [0.3, 0.4) is 0 Å². The Kier molecular flexibility index (Phi) is 4.66. The number of imidazole rings is 1. The minimum absolute atomic E-state index is 0.186. The molecule has 3 nitrogen and oxygen atoms in total. The van der Waals surface area contributed by atoms with Crippen molar-refractivity contribution in [3.63, 3.8) is 0 Å². The van der Waals surface area contributed by atoms with Crippen molar-refractivity contribution in [2.45, 2.75) is 12.4 Å². The van der Waals surface area contributed by atoms with Gasteiger partial charge in [0, 0.05) is 37.7 Å². The normalized spacial score (nSPS) is 16.7. The van der Waals surface area contributed by atoms with Crippen molar-refractivity contribution in [1.82, 2.24) is 14.5 Å². The van der Waals surface area contributed by atoms with Gasteiger partial charge in [0.1, 0.15) is 11.3 Å². The first-order chi connectivity index (χ1) is 10.2. The van der Waals surface area contributed by atoms with Gasteiger partial charge < -0.3 is 4.57 Å². The molecule has 0 aliphatic carbocycles. The van der Waals surface area contributed by atoms with Gasteiger partial charge in [0.15, 0.2) is 11.6 Å². The Balaban J connectivity index is 1.90. The molecule has 0 saturated carbocycles. The van der Waals surface area contributed by atoms with Crippen molar-refractivity contribution in [2.24, 2.45) is 0 Å². The van der Waals surface area contributed by atoms with Crippen LogP contribution in [0.25, 0.3) is 11.0 Å². The first kappa shape index (κ1) is 15.1. The zero-order valence-electron chi connectivity index (χ0n) is 11.5. The number of thioether (sulfide) groups is 1. The summed E-state index contributed by atoms with van der Waals surface area (Å²) in [5.74, 6) is 1.32. The highest BCUT2D eigenvalue weighted by molar-refractivity contribution is 7.99. The highest BCUT2D eigenvalue weighted by Crippen LogP contribution is 2.23. The van der Waals surface area contributed by atoms with Gasteiger partial charge in [-0.25, -0.2) is 13.8 Å². The number of alkyl halides is 1. The van der Waals surface area contributed by atoms with E-state index in [1.54, 1.807) is 4.57 Å². The van der Waals surface area contributed by atoms with E-state index in [0.29, 0.717) is 17.9 Å². The van der Waals surface area contributed by atoms with E-state index < -0.39 is 11.6 Å². The molecule has 21 heavy (non-hydrogen) atoms. The molecule has 2 heterocycles. The van der Waals surface area contributed by atoms with E-state index in [2.05, 4.69) is 9.88 Å². The molecule has 1 aromatic heterocycles. The Morgan fingerprint density at radius 1 is 1.19 bits per heavy atom. The van der Waals surface area contributed by atoms with Crippen molar-refractivity contribution in [2.75, 3.05) is 31.1 Å². The van der Waals surface area contributed by atoms with Crippen LogP contribution in [-0.2, 0) is 12.4 Å². The summed E-state index contributed by atoms with van der Waals surface area (Å²) in [5.41, 5.74) is 0.677. The zero-order valence-corrected chi connectivity index (χ0v) is 13.1. The molecular formula is C14H16ClF2N3S. The summed E-state index contributed by atoms with van der Waals surface area (Å²) < 4.78 is 29.3. The Hall–Kier alpha value is -0.850. The average Bonchev–Trinajstić information content (AvgIpc) is 2.88. The standard InChI is InChI=1S/C14H16ClF2N3S/c15-9-12-18-11-2-1-10(16)13(17)14(11)20(12)4-3-19-5-7-21-8-6-19/h1-2H,3-9H2. The quantitative estimate of drug-likeness (QED) is 0.803. The van der Waals surface area contributed by atoms with Gasteiger partial charge in [0.05, 0.1) is 11.4 Å². The molecule has 1 aliphatic rings. The van der Waals surface area contributed by atoms with Crippen LogP contribution in [0.15, 0.2) is 12.1 Å². The largest absolute Gasteiger partial charge is 0.323 e. The molecule has 1 aliphatic heterocycles. The molecule has 0 spiro atoms. The Labute approximate surface area is 131 Å². The molecule has 0 unspecified atom stereocenters. The minimum atomic E-state index is -0.848. The van der Waals surface area contributed by atoms with Crippen molar-refractivity contribution in [3.05, 3.63) is 29.6 Å². The molecule has 3 rings (SSSR count). The van der Waals surface area contributed by atoms with Crippen LogP contribution < -0.4 is 0 Å². The lowest BCUT2D eigenvalue weighted by atomic mass is 10.3. The number of hydrogen-bond donors (Lipinski definition) is 0. The van der Waals surface area contributed by atoms with Crippen LogP contribution in [0.2, 0.25) is 0 Å². The Morgan fingerprint density at radius 3 is 2.67 bits per heavy atom. The van der Waals surface area contributed by atoms with Gasteiger partial charge in [-0.15, -0.1) is 11.6 Å². The van der Waals surface area contributed by atoms with Gasteiger partial charge >= 0.3 is 0 Å². The van der Waals surface area contributed by atoms with Crippen molar-refractivity contribution < 1.29 is 8.78 Å².